The van der Waals surface area contributed by atoms with Crippen LogP contribution in [0, 0.1) is 46.3 Å². The first kappa shape index (κ1) is 47.7. The molecular formula is C46H89N5O5. The van der Waals surface area contributed by atoms with Crippen molar-refractivity contribution in [1.82, 2.24) is 10.6 Å². The number of carbonyl (C=O) groups is 1. The smallest absolute Gasteiger partial charge is 0.407 e. The Balaban J connectivity index is 1.29. The third kappa shape index (κ3) is 13.2. The molecule has 4 fully saturated rings. The van der Waals surface area contributed by atoms with Gasteiger partial charge < -0.3 is 46.8 Å². The van der Waals surface area contributed by atoms with E-state index in [2.05, 4.69) is 31.4 Å². The van der Waals surface area contributed by atoms with E-state index in [1.807, 2.05) is 20.8 Å². The van der Waals surface area contributed by atoms with E-state index in [1.54, 1.807) is 0 Å². The summed E-state index contributed by atoms with van der Waals surface area (Å²) in [5, 5.41) is 6.63. The first-order chi connectivity index (χ1) is 26.9. The fourth-order valence-electron chi connectivity index (χ4n) is 12.1. The van der Waals surface area contributed by atoms with E-state index in [1.165, 1.54) is 57.8 Å². The highest BCUT2D eigenvalue weighted by atomic mass is 16.6. The summed E-state index contributed by atoms with van der Waals surface area (Å²) in [6, 6.07) is 0. The Hall–Kier alpha value is -1.01. The molecule has 1 amide bonds. The van der Waals surface area contributed by atoms with Gasteiger partial charge >= 0.3 is 6.09 Å². The number of nitrogens with two attached hydrogens (primary N) is 3. The Bertz CT molecular complexity index is 1110. The molecule has 11 atom stereocenters. The van der Waals surface area contributed by atoms with Gasteiger partial charge in [0.2, 0.25) is 0 Å². The van der Waals surface area contributed by atoms with E-state index in [0.29, 0.717) is 79.3 Å². The summed E-state index contributed by atoms with van der Waals surface area (Å²) in [7, 11) is 0. The predicted octanol–water partition coefficient (Wildman–Crippen LogP) is 7.94. The largest absolute Gasteiger partial charge is 0.444 e. The first-order valence-electron chi connectivity index (χ1n) is 23.5. The summed E-state index contributed by atoms with van der Waals surface area (Å²) >= 11 is 0. The molecule has 0 bridgehead atoms. The molecule has 4 aliphatic carbocycles. The van der Waals surface area contributed by atoms with Crippen molar-refractivity contribution >= 4 is 6.09 Å². The van der Waals surface area contributed by atoms with Crippen LogP contribution >= 0.6 is 0 Å². The van der Waals surface area contributed by atoms with Crippen LogP contribution in [0.4, 0.5) is 4.79 Å². The van der Waals surface area contributed by atoms with Gasteiger partial charge in [-0.2, -0.15) is 0 Å². The SMILES string of the molecule is C[C@H](CCCNCCCCCCCCNC(=O)OC(C)(C)C)C1CC[C@H]2[C@@H]3[C@H](OCCCN)C[C@@H]4C[C@H](OCCCN)CC[C@]4(C)[C@H]3C[C@H](OCCCN)[C@]12C. The number of rotatable bonds is 26. The molecule has 0 aromatic heterocycles. The van der Waals surface area contributed by atoms with Gasteiger partial charge in [-0.15, -0.1) is 0 Å². The van der Waals surface area contributed by atoms with E-state index in [9.17, 15) is 4.79 Å². The minimum Gasteiger partial charge on any atom is -0.444 e. The number of hydrogen-bond donors (Lipinski definition) is 5. The fraction of sp³-hybridized carbons (Fsp3) is 0.978. The molecule has 0 radical (unpaired) electrons. The van der Waals surface area contributed by atoms with E-state index < -0.39 is 5.60 Å². The number of unbranched alkanes of at least 4 members (excludes halogenated alkanes) is 5. The van der Waals surface area contributed by atoms with Crippen LogP contribution in [0.5, 0.6) is 0 Å². The van der Waals surface area contributed by atoms with Gasteiger partial charge in [0.05, 0.1) is 18.3 Å². The summed E-state index contributed by atoms with van der Waals surface area (Å²) in [5.41, 5.74) is 17.8. The minimum absolute atomic E-state index is 0.148. The highest BCUT2D eigenvalue weighted by molar-refractivity contribution is 5.67. The Morgan fingerprint density at radius 1 is 0.732 bits per heavy atom. The summed E-state index contributed by atoms with van der Waals surface area (Å²) < 4.78 is 25.7. The Morgan fingerprint density at radius 3 is 2.04 bits per heavy atom. The van der Waals surface area contributed by atoms with Crippen LogP contribution in [-0.2, 0) is 18.9 Å². The second-order valence-corrected chi connectivity index (χ2v) is 19.9. The number of nitrogens with one attached hydrogen (secondary N) is 2. The highest BCUT2D eigenvalue weighted by Crippen LogP contribution is 2.69. The molecule has 0 aromatic carbocycles. The summed E-state index contributed by atoms with van der Waals surface area (Å²) in [4.78, 5) is 11.8. The van der Waals surface area contributed by atoms with E-state index in [4.69, 9.17) is 36.1 Å². The zero-order valence-corrected chi connectivity index (χ0v) is 37.1. The van der Waals surface area contributed by atoms with Gasteiger partial charge in [-0.1, -0.05) is 46.5 Å². The second-order valence-electron chi connectivity index (χ2n) is 19.9. The lowest BCUT2D eigenvalue weighted by molar-refractivity contribution is -0.227. The molecule has 4 aliphatic rings. The fourth-order valence-corrected chi connectivity index (χ4v) is 12.1. The van der Waals surface area contributed by atoms with Crippen LogP contribution < -0.4 is 27.8 Å². The van der Waals surface area contributed by atoms with Crippen molar-refractivity contribution in [2.45, 2.75) is 181 Å². The maximum atomic E-state index is 11.8. The second kappa shape index (κ2) is 23.7. The molecule has 0 aromatic rings. The third-order valence-electron chi connectivity index (χ3n) is 15.0. The molecule has 0 heterocycles. The molecule has 0 aliphatic heterocycles. The molecule has 4 saturated carbocycles. The van der Waals surface area contributed by atoms with Crippen LogP contribution in [0.1, 0.15) is 157 Å². The quantitative estimate of drug-likeness (QED) is 0.0549. The standard InChI is InChI=1S/C46H89N5O5/c1-34(17-13-26-50-25-11-9-7-8-10-12-27-51-43(52)56-44(2,3)4)37-18-19-38-42-39(33-41(46(37,38)6)55-30-16-24-49)45(5)21-20-36(53-28-14-22-47)31-35(45)32-40(42)54-29-15-23-48/h34-42,50H,7-33,47-49H2,1-6H3,(H,51,52)/t34-,35+,36-,37?,38+,39+,40-,41+,42+,45+,46-/m1/s1. The first-order valence-corrected chi connectivity index (χ1v) is 23.5. The number of ether oxygens (including phenoxy) is 4. The lowest BCUT2D eigenvalue weighted by atomic mass is 9.43. The van der Waals surface area contributed by atoms with Crippen LogP contribution in [0.3, 0.4) is 0 Å². The lowest BCUT2D eigenvalue weighted by Crippen LogP contribution is -2.63. The Labute approximate surface area is 343 Å². The average Bonchev–Trinajstić information content (AvgIpc) is 3.51. The number of alkyl carbamates (subject to hydrolysis) is 1. The summed E-state index contributed by atoms with van der Waals surface area (Å²) in [6.07, 6.45) is 21.5. The van der Waals surface area contributed by atoms with Crippen molar-refractivity contribution in [3.8, 4) is 0 Å². The van der Waals surface area contributed by atoms with Crippen molar-refractivity contribution in [1.29, 1.82) is 0 Å². The van der Waals surface area contributed by atoms with Crippen molar-refractivity contribution < 1.29 is 23.7 Å². The predicted molar refractivity (Wildman–Crippen MR) is 229 cm³/mol. The van der Waals surface area contributed by atoms with Gasteiger partial charge in [0.25, 0.3) is 0 Å². The minimum atomic E-state index is -0.443. The summed E-state index contributed by atoms with van der Waals surface area (Å²) in [5.74, 6) is 3.75. The molecule has 56 heavy (non-hydrogen) atoms. The Morgan fingerprint density at radius 2 is 1.36 bits per heavy atom. The molecule has 10 nitrogen and oxygen atoms in total. The van der Waals surface area contributed by atoms with Crippen molar-refractivity contribution in [3.63, 3.8) is 0 Å². The van der Waals surface area contributed by atoms with Crippen LogP contribution in [0.15, 0.2) is 0 Å². The molecule has 1 unspecified atom stereocenters. The van der Waals surface area contributed by atoms with Crippen molar-refractivity contribution in [2.24, 2.45) is 63.5 Å². The highest BCUT2D eigenvalue weighted by Gasteiger charge is 2.66. The van der Waals surface area contributed by atoms with E-state index in [-0.39, 0.29) is 17.6 Å². The molecule has 10 heteroatoms. The molecule has 8 N–H and O–H groups in total. The van der Waals surface area contributed by atoms with Crippen molar-refractivity contribution in [2.75, 3.05) is 59.1 Å². The molecule has 0 saturated heterocycles. The maximum Gasteiger partial charge on any atom is 0.407 e. The van der Waals surface area contributed by atoms with Crippen LogP contribution in [0.25, 0.3) is 0 Å². The van der Waals surface area contributed by atoms with Gasteiger partial charge in [0, 0.05) is 31.8 Å². The van der Waals surface area contributed by atoms with Gasteiger partial charge in [-0.05, 0) is 184 Å². The van der Waals surface area contributed by atoms with Gasteiger partial charge in [0.15, 0.2) is 0 Å². The number of carbonyl (C=O) groups excluding carboxylic acids is 1. The van der Waals surface area contributed by atoms with Gasteiger partial charge in [0.1, 0.15) is 5.60 Å². The van der Waals surface area contributed by atoms with E-state index >= 15 is 0 Å². The molecule has 4 rings (SSSR count). The van der Waals surface area contributed by atoms with E-state index in [0.717, 1.165) is 90.7 Å². The topological polar surface area (TPSA) is 156 Å². The Kier molecular flexibility index (Phi) is 20.2. The third-order valence-corrected chi connectivity index (χ3v) is 15.0. The van der Waals surface area contributed by atoms with Crippen LogP contribution in [0.2, 0.25) is 0 Å². The monoisotopic (exact) mass is 792 g/mol. The maximum absolute atomic E-state index is 11.8. The van der Waals surface area contributed by atoms with Crippen LogP contribution in [-0.4, -0.2) is 89.1 Å². The zero-order chi connectivity index (χ0) is 40.6. The summed E-state index contributed by atoms with van der Waals surface area (Å²) in [6.45, 7) is 20.8. The zero-order valence-electron chi connectivity index (χ0n) is 37.1. The van der Waals surface area contributed by atoms with Crippen molar-refractivity contribution in [3.05, 3.63) is 0 Å². The normalized spacial score (nSPS) is 33.4. The number of amides is 1. The molecular weight excluding hydrogens is 703 g/mol. The lowest BCUT2D eigenvalue weighted by Gasteiger charge is -2.65. The van der Waals surface area contributed by atoms with Gasteiger partial charge in [-0.25, -0.2) is 4.79 Å². The molecule has 328 valence electrons. The number of fused-ring (bicyclic) bond motifs is 5. The van der Waals surface area contributed by atoms with Gasteiger partial charge in [-0.3, -0.25) is 0 Å². The average molecular weight is 792 g/mol. The number of hydrogen-bond acceptors (Lipinski definition) is 9. The molecule has 0 spiro atoms.